The van der Waals surface area contributed by atoms with Gasteiger partial charge in [-0.1, -0.05) is 23.4 Å². The Kier molecular flexibility index (Phi) is 3.90. The summed E-state index contributed by atoms with van der Waals surface area (Å²) in [5.41, 5.74) is 2.34. The van der Waals surface area contributed by atoms with Crippen molar-refractivity contribution in [3.05, 3.63) is 46.8 Å². The van der Waals surface area contributed by atoms with Gasteiger partial charge < -0.3 is 14.6 Å². The Morgan fingerprint density at radius 1 is 1.33 bits per heavy atom. The Labute approximate surface area is 123 Å². The smallest absolute Gasteiger partial charge is 0.274 e. The molecule has 5 nitrogen and oxygen atoms in total. The number of hydrogen-bond acceptors (Lipinski definition) is 4. The summed E-state index contributed by atoms with van der Waals surface area (Å²) in [5.74, 6) is 1.44. The molecule has 0 spiro atoms. The molecule has 5 heteroatoms. The number of amides is 1. The molecule has 3 rings (SSSR count). The van der Waals surface area contributed by atoms with Gasteiger partial charge in [0.2, 0.25) is 0 Å². The molecule has 0 unspecified atom stereocenters. The predicted molar refractivity (Wildman–Crippen MR) is 77.3 cm³/mol. The van der Waals surface area contributed by atoms with Crippen LogP contribution in [-0.4, -0.2) is 18.2 Å². The lowest BCUT2D eigenvalue weighted by Gasteiger charge is -2.10. The van der Waals surface area contributed by atoms with Crippen molar-refractivity contribution >= 4 is 5.91 Å². The Bertz CT molecular complexity index is 649. The molecule has 1 aliphatic carbocycles. The van der Waals surface area contributed by atoms with Crippen LogP contribution >= 0.6 is 0 Å². The fourth-order valence-electron chi connectivity index (χ4n) is 2.67. The number of nitrogens with zero attached hydrogens (tertiary/aromatic N) is 1. The molecule has 1 N–H and O–H groups in total. The zero-order chi connectivity index (χ0) is 14.7. The van der Waals surface area contributed by atoms with Crippen LogP contribution < -0.4 is 10.1 Å². The Hall–Kier alpha value is -2.30. The van der Waals surface area contributed by atoms with Crippen LogP contribution in [0.2, 0.25) is 0 Å². The molecule has 0 atom stereocenters. The van der Waals surface area contributed by atoms with E-state index in [1.165, 1.54) is 0 Å². The van der Waals surface area contributed by atoms with Gasteiger partial charge in [0.05, 0.1) is 7.11 Å². The third kappa shape index (κ3) is 2.77. The average molecular weight is 286 g/mol. The number of methoxy groups -OCH3 is 1. The Balaban J connectivity index is 1.71. The van der Waals surface area contributed by atoms with Crippen molar-refractivity contribution in [2.45, 2.75) is 32.2 Å². The minimum absolute atomic E-state index is 0.187. The van der Waals surface area contributed by atoms with E-state index in [0.29, 0.717) is 12.2 Å². The van der Waals surface area contributed by atoms with Gasteiger partial charge in [0.1, 0.15) is 11.5 Å². The van der Waals surface area contributed by atoms with Crippen LogP contribution in [-0.2, 0) is 19.4 Å². The first-order valence-electron chi connectivity index (χ1n) is 7.17. The summed E-state index contributed by atoms with van der Waals surface area (Å²) in [6, 6.07) is 7.62. The number of para-hydroxylation sites is 1. The lowest BCUT2D eigenvalue weighted by molar-refractivity contribution is 0.0941. The highest BCUT2D eigenvalue weighted by atomic mass is 16.5. The highest BCUT2D eigenvalue weighted by Gasteiger charge is 2.23. The van der Waals surface area contributed by atoms with Crippen molar-refractivity contribution in [3.63, 3.8) is 0 Å². The van der Waals surface area contributed by atoms with Crippen LogP contribution in [0.4, 0.5) is 0 Å². The van der Waals surface area contributed by atoms with E-state index in [2.05, 4.69) is 10.5 Å². The molecule has 21 heavy (non-hydrogen) atoms. The van der Waals surface area contributed by atoms with E-state index in [1.807, 2.05) is 24.3 Å². The highest BCUT2D eigenvalue weighted by molar-refractivity contribution is 5.93. The standard InChI is InChI=1S/C16H18N2O3/c1-20-13-8-4-2-6-11(13)10-17-16(19)15-12-7-3-5-9-14(12)21-18-15/h2,4,6,8H,3,5,7,9-10H2,1H3,(H,17,19). The molecule has 0 radical (unpaired) electrons. The summed E-state index contributed by atoms with van der Waals surface area (Å²) >= 11 is 0. The quantitative estimate of drug-likeness (QED) is 0.938. The number of carbonyl (C=O) groups excluding carboxylic acids is 1. The topological polar surface area (TPSA) is 64.4 Å². The maximum absolute atomic E-state index is 12.3. The van der Waals surface area contributed by atoms with E-state index >= 15 is 0 Å². The number of nitrogens with one attached hydrogen (secondary N) is 1. The molecule has 1 aromatic carbocycles. The van der Waals surface area contributed by atoms with Crippen LogP contribution in [0, 0.1) is 0 Å². The first kappa shape index (κ1) is 13.7. The van der Waals surface area contributed by atoms with E-state index in [-0.39, 0.29) is 5.91 Å². The van der Waals surface area contributed by atoms with Crippen molar-refractivity contribution in [1.82, 2.24) is 10.5 Å². The molecule has 1 heterocycles. The number of fused-ring (bicyclic) bond motifs is 1. The Morgan fingerprint density at radius 3 is 3.00 bits per heavy atom. The van der Waals surface area contributed by atoms with Crippen LogP contribution in [0.15, 0.2) is 28.8 Å². The summed E-state index contributed by atoms with van der Waals surface area (Å²) in [6.45, 7) is 0.407. The van der Waals surface area contributed by atoms with Gasteiger partial charge in [0.15, 0.2) is 5.69 Å². The summed E-state index contributed by atoms with van der Waals surface area (Å²) < 4.78 is 10.5. The number of ether oxygens (including phenoxy) is 1. The van der Waals surface area contributed by atoms with Gasteiger partial charge in [-0.2, -0.15) is 0 Å². The number of carbonyl (C=O) groups is 1. The second kappa shape index (κ2) is 5.99. The SMILES string of the molecule is COc1ccccc1CNC(=O)c1noc2c1CCCC2. The highest BCUT2D eigenvalue weighted by Crippen LogP contribution is 2.24. The molecule has 0 saturated carbocycles. The van der Waals surface area contributed by atoms with Gasteiger partial charge in [0.25, 0.3) is 5.91 Å². The van der Waals surface area contributed by atoms with E-state index in [9.17, 15) is 4.79 Å². The van der Waals surface area contributed by atoms with Crippen molar-refractivity contribution in [2.75, 3.05) is 7.11 Å². The third-order valence-electron chi connectivity index (χ3n) is 3.80. The normalized spacial score (nSPS) is 13.6. The first-order valence-corrected chi connectivity index (χ1v) is 7.17. The van der Waals surface area contributed by atoms with Crippen LogP contribution in [0.3, 0.4) is 0 Å². The van der Waals surface area contributed by atoms with Gasteiger partial charge in [-0.25, -0.2) is 0 Å². The molecule has 0 saturated heterocycles. The van der Waals surface area contributed by atoms with E-state index < -0.39 is 0 Å². The number of rotatable bonds is 4. The summed E-state index contributed by atoms with van der Waals surface area (Å²) in [6.07, 6.45) is 3.93. The van der Waals surface area contributed by atoms with Crippen molar-refractivity contribution in [2.24, 2.45) is 0 Å². The number of benzene rings is 1. The van der Waals surface area contributed by atoms with Gasteiger partial charge in [-0.3, -0.25) is 4.79 Å². The minimum atomic E-state index is -0.187. The van der Waals surface area contributed by atoms with E-state index in [4.69, 9.17) is 9.26 Å². The molecule has 1 aromatic heterocycles. The third-order valence-corrected chi connectivity index (χ3v) is 3.80. The van der Waals surface area contributed by atoms with Crippen LogP contribution in [0.25, 0.3) is 0 Å². The summed E-state index contributed by atoms with van der Waals surface area (Å²) in [7, 11) is 1.62. The van der Waals surface area contributed by atoms with E-state index in [1.54, 1.807) is 7.11 Å². The first-order chi connectivity index (χ1) is 10.3. The second-order valence-corrected chi connectivity index (χ2v) is 5.13. The van der Waals surface area contributed by atoms with Crippen LogP contribution in [0.1, 0.15) is 40.2 Å². The fourth-order valence-corrected chi connectivity index (χ4v) is 2.67. The van der Waals surface area contributed by atoms with Crippen molar-refractivity contribution in [1.29, 1.82) is 0 Å². The lowest BCUT2D eigenvalue weighted by Crippen LogP contribution is -2.24. The number of aromatic nitrogens is 1. The second-order valence-electron chi connectivity index (χ2n) is 5.13. The zero-order valence-electron chi connectivity index (χ0n) is 12.0. The van der Waals surface area contributed by atoms with Crippen molar-refractivity contribution < 1.29 is 14.1 Å². The van der Waals surface area contributed by atoms with Crippen LogP contribution in [0.5, 0.6) is 5.75 Å². The molecule has 1 aliphatic rings. The molecule has 2 aromatic rings. The summed E-state index contributed by atoms with van der Waals surface area (Å²) in [5, 5.41) is 6.82. The largest absolute Gasteiger partial charge is 0.496 e. The zero-order valence-corrected chi connectivity index (χ0v) is 12.0. The van der Waals surface area contributed by atoms with Gasteiger partial charge in [-0.15, -0.1) is 0 Å². The molecule has 0 bridgehead atoms. The maximum atomic E-state index is 12.3. The summed E-state index contributed by atoms with van der Waals surface area (Å²) in [4.78, 5) is 12.3. The Morgan fingerprint density at radius 2 is 2.14 bits per heavy atom. The molecule has 0 aliphatic heterocycles. The fraction of sp³-hybridized carbons (Fsp3) is 0.375. The minimum Gasteiger partial charge on any atom is -0.496 e. The molecular weight excluding hydrogens is 268 g/mol. The van der Waals surface area contributed by atoms with E-state index in [0.717, 1.165) is 48.3 Å². The van der Waals surface area contributed by atoms with Crippen molar-refractivity contribution in [3.8, 4) is 5.75 Å². The molecule has 110 valence electrons. The molecule has 1 amide bonds. The molecule has 0 fully saturated rings. The van der Waals surface area contributed by atoms with Gasteiger partial charge in [-0.05, 0) is 25.3 Å². The predicted octanol–water partition coefficient (Wildman–Crippen LogP) is 2.49. The monoisotopic (exact) mass is 286 g/mol. The maximum Gasteiger partial charge on any atom is 0.274 e. The molecular formula is C16H18N2O3. The lowest BCUT2D eigenvalue weighted by atomic mass is 9.96. The van der Waals surface area contributed by atoms with Gasteiger partial charge in [0, 0.05) is 24.1 Å². The average Bonchev–Trinajstić information content (AvgIpc) is 2.97. The number of aryl methyl sites for hydroxylation is 1. The number of hydrogen-bond donors (Lipinski definition) is 1. The van der Waals surface area contributed by atoms with Gasteiger partial charge >= 0.3 is 0 Å².